The Morgan fingerprint density at radius 3 is 2.65 bits per heavy atom. The third-order valence-corrected chi connectivity index (χ3v) is 7.47. The van der Waals surface area contributed by atoms with Crippen molar-refractivity contribution in [3.05, 3.63) is 58.3 Å². The smallest absolute Gasteiger partial charge is 0.338 e. The van der Waals surface area contributed by atoms with Crippen LogP contribution < -0.4 is 0 Å². The van der Waals surface area contributed by atoms with Gasteiger partial charge in [0.25, 0.3) is 0 Å². The van der Waals surface area contributed by atoms with Gasteiger partial charge in [0.15, 0.2) is 5.17 Å². The van der Waals surface area contributed by atoms with Crippen LogP contribution >= 0.6 is 11.8 Å². The van der Waals surface area contributed by atoms with E-state index >= 15 is 0 Å². The van der Waals surface area contributed by atoms with E-state index in [2.05, 4.69) is 0 Å². The molecule has 10 heteroatoms. The number of likely N-dealkylation sites (tertiary alicyclic amines) is 1. The summed E-state index contributed by atoms with van der Waals surface area (Å²) < 4.78 is 15.7. The van der Waals surface area contributed by atoms with Crippen LogP contribution in [0.15, 0.2) is 57.7 Å². The van der Waals surface area contributed by atoms with Gasteiger partial charge in [0.05, 0.1) is 42.9 Å². The van der Waals surface area contributed by atoms with E-state index in [4.69, 9.17) is 19.2 Å². The number of benzene rings is 1. The van der Waals surface area contributed by atoms with Gasteiger partial charge in [-0.2, -0.15) is 0 Å². The molecule has 0 spiro atoms. The molecule has 37 heavy (non-hydrogen) atoms. The molecule has 0 unspecified atom stereocenters. The van der Waals surface area contributed by atoms with Gasteiger partial charge in [-0.1, -0.05) is 42.1 Å². The first-order chi connectivity index (χ1) is 17.9. The van der Waals surface area contributed by atoms with Gasteiger partial charge in [0.2, 0.25) is 5.91 Å². The van der Waals surface area contributed by atoms with E-state index < -0.39 is 12.0 Å². The zero-order chi connectivity index (χ0) is 26.4. The molecule has 0 radical (unpaired) electrons. The number of esters is 2. The van der Waals surface area contributed by atoms with Crippen molar-refractivity contribution in [1.29, 1.82) is 0 Å². The van der Waals surface area contributed by atoms with E-state index in [1.165, 1.54) is 11.8 Å². The monoisotopic (exact) mass is 527 g/mol. The maximum absolute atomic E-state index is 13.4. The molecule has 1 fully saturated rings. The maximum atomic E-state index is 13.4. The van der Waals surface area contributed by atoms with Gasteiger partial charge in [0.1, 0.15) is 6.61 Å². The van der Waals surface area contributed by atoms with E-state index in [-0.39, 0.29) is 30.8 Å². The van der Waals surface area contributed by atoms with Crippen molar-refractivity contribution < 1.29 is 28.6 Å². The highest BCUT2D eigenvalue weighted by Gasteiger charge is 2.41. The Balaban J connectivity index is 1.57. The Morgan fingerprint density at radius 1 is 1.14 bits per heavy atom. The van der Waals surface area contributed by atoms with Gasteiger partial charge >= 0.3 is 11.9 Å². The number of ether oxygens (including phenoxy) is 3. The van der Waals surface area contributed by atoms with Crippen molar-refractivity contribution in [2.75, 3.05) is 40.0 Å². The molecular formula is C27H33N3O6S. The van der Waals surface area contributed by atoms with Crippen LogP contribution in [-0.4, -0.2) is 72.8 Å². The van der Waals surface area contributed by atoms with Gasteiger partial charge < -0.3 is 24.0 Å². The Kier molecular flexibility index (Phi) is 9.04. The van der Waals surface area contributed by atoms with Crippen molar-refractivity contribution in [2.45, 2.75) is 39.2 Å². The van der Waals surface area contributed by atoms with Crippen LogP contribution in [0.3, 0.4) is 0 Å². The molecule has 3 heterocycles. The highest BCUT2D eigenvalue weighted by molar-refractivity contribution is 8.16. The number of fused-ring (bicyclic) bond motifs is 1. The normalized spacial score (nSPS) is 21.3. The minimum atomic E-state index is -0.480. The number of hydrogen-bond donors (Lipinski definition) is 0. The average Bonchev–Trinajstić information content (AvgIpc) is 3.30. The molecule has 2 atom stereocenters. The lowest BCUT2D eigenvalue weighted by Crippen LogP contribution is -2.44. The number of piperidine rings is 1. The van der Waals surface area contributed by atoms with Gasteiger partial charge in [0, 0.05) is 25.9 Å². The minimum absolute atomic E-state index is 0.0654. The molecule has 1 aromatic rings. The summed E-state index contributed by atoms with van der Waals surface area (Å²) in [5.41, 5.74) is 2.68. The number of amidine groups is 1. The first-order valence-electron chi connectivity index (χ1n) is 12.5. The number of carbonyl (C=O) groups excluding carboxylic acids is 3. The Morgan fingerprint density at radius 2 is 1.92 bits per heavy atom. The van der Waals surface area contributed by atoms with Crippen LogP contribution in [0.4, 0.5) is 0 Å². The Bertz CT molecular complexity index is 1120. The van der Waals surface area contributed by atoms with Crippen molar-refractivity contribution in [3.8, 4) is 0 Å². The molecule has 4 rings (SSSR count). The van der Waals surface area contributed by atoms with Gasteiger partial charge in [-0.3, -0.25) is 9.59 Å². The van der Waals surface area contributed by atoms with Gasteiger partial charge in [-0.15, -0.1) is 0 Å². The summed E-state index contributed by atoms with van der Waals surface area (Å²) in [6.07, 6.45) is 1.61. The largest absolute Gasteiger partial charge is 0.466 e. The fourth-order valence-electron chi connectivity index (χ4n) is 4.80. The van der Waals surface area contributed by atoms with Crippen molar-refractivity contribution in [1.82, 2.24) is 9.80 Å². The molecule has 1 saturated heterocycles. The molecule has 0 aliphatic carbocycles. The lowest BCUT2D eigenvalue weighted by molar-refractivity contribution is -0.151. The molecular weight excluding hydrogens is 494 g/mol. The number of allylic oxidation sites excluding steroid dienone is 1. The number of aliphatic imine (C=N–C) groups is 1. The fraction of sp³-hybridized carbons (Fsp3) is 0.481. The summed E-state index contributed by atoms with van der Waals surface area (Å²) >= 11 is 1.44. The quantitative estimate of drug-likeness (QED) is 0.355. The predicted molar refractivity (Wildman–Crippen MR) is 140 cm³/mol. The molecule has 9 nitrogen and oxygen atoms in total. The lowest BCUT2D eigenvalue weighted by atomic mass is 9.93. The zero-order valence-corrected chi connectivity index (χ0v) is 22.3. The molecule has 3 aliphatic heterocycles. The molecule has 0 N–H and O–H groups in total. The lowest BCUT2D eigenvalue weighted by Gasteiger charge is -2.37. The van der Waals surface area contributed by atoms with Crippen LogP contribution in [0.1, 0.15) is 44.7 Å². The second-order valence-corrected chi connectivity index (χ2v) is 9.88. The average molecular weight is 528 g/mol. The van der Waals surface area contributed by atoms with E-state index in [1.807, 2.05) is 40.6 Å². The molecule has 198 valence electrons. The second kappa shape index (κ2) is 12.4. The highest BCUT2D eigenvalue weighted by Crippen LogP contribution is 2.45. The summed E-state index contributed by atoms with van der Waals surface area (Å²) in [5.74, 6) is -1.07. The van der Waals surface area contributed by atoms with Crippen LogP contribution in [-0.2, 0) is 28.6 Å². The fourth-order valence-corrected chi connectivity index (χ4v) is 5.76. The topological polar surface area (TPSA) is 97.7 Å². The van der Waals surface area contributed by atoms with Crippen LogP contribution in [0.5, 0.6) is 0 Å². The summed E-state index contributed by atoms with van der Waals surface area (Å²) in [6, 6.07) is 9.20. The van der Waals surface area contributed by atoms with Crippen LogP contribution in [0, 0.1) is 5.92 Å². The standard InChI is InChI=1S/C27H33N3O6S/c1-4-35-25(32)20-11-8-12-29(16-20)22(31)15-21-17-37-27-28-18(2)23(26(33)36-14-13-34-3)24(30(21)27)19-9-6-5-7-10-19/h5-7,9-10,17,20,24H,4,8,11-16H2,1-3H3/t20-,24-/m1/s1. The molecule has 3 aliphatic rings. The first-order valence-corrected chi connectivity index (χ1v) is 13.4. The number of thioether (sulfide) groups is 1. The summed E-state index contributed by atoms with van der Waals surface area (Å²) in [7, 11) is 1.55. The van der Waals surface area contributed by atoms with Crippen molar-refractivity contribution in [2.24, 2.45) is 10.9 Å². The second-order valence-electron chi connectivity index (χ2n) is 9.04. The number of nitrogens with zero attached hydrogens (tertiary/aromatic N) is 3. The number of methoxy groups -OCH3 is 1. The summed E-state index contributed by atoms with van der Waals surface area (Å²) in [6.45, 7) is 5.31. The third-order valence-electron chi connectivity index (χ3n) is 6.58. The summed E-state index contributed by atoms with van der Waals surface area (Å²) in [5, 5.41) is 2.64. The molecule has 0 saturated carbocycles. The third kappa shape index (κ3) is 6.07. The number of hydrogen-bond acceptors (Lipinski definition) is 9. The van der Waals surface area contributed by atoms with Crippen LogP contribution in [0.2, 0.25) is 0 Å². The highest BCUT2D eigenvalue weighted by atomic mass is 32.2. The molecule has 1 amide bonds. The first kappa shape index (κ1) is 26.9. The van der Waals surface area contributed by atoms with Crippen LogP contribution in [0.25, 0.3) is 0 Å². The Labute approximate surface area is 221 Å². The van der Waals surface area contributed by atoms with E-state index in [1.54, 1.807) is 25.9 Å². The maximum Gasteiger partial charge on any atom is 0.338 e. The summed E-state index contributed by atoms with van der Waals surface area (Å²) in [4.78, 5) is 47.3. The predicted octanol–water partition coefficient (Wildman–Crippen LogP) is 3.64. The SMILES string of the molecule is CCOC(=O)[C@@H]1CCCN(C(=O)CC2=CSC3=NC(C)=C(C(=O)OCCOC)[C@@H](c4ccccc4)N23)C1. The molecule has 0 bridgehead atoms. The van der Waals surface area contributed by atoms with E-state index in [0.717, 1.165) is 24.1 Å². The van der Waals surface area contributed by atoms with Crippen molar-refractivity contribution >= 4 is 34.8 Å². The van der Waals surface area contributed by atoms with E-state index in [9.17, 15) is 14.4 Å². The zero-order valence-electron chi connectivity index (χ0n) is 21.5. The minimum Gasteiger partial charge on any atom is -0.466 e. The van der Waals surface area contributed by atoms with E-state index in [0.29, 0.717) is 42.7 Å². The van der Waals surface area contributed by atoms with Crippen molar-refractivity contribution in [3.63, 3.8) is 0 Å². The number of amides is 1. The molecule has 0 aromatic heterocycles. The Hall–Kier alpha value is -3.11. The van der Waals surface area contributed by atoms with Gasteiger partial charge in [-0.25, -0.2) is 9.79 Å². The number of rotatable bonds is 9. The van der Waals surface area contributed by atoms with Gasteiger partial charge in [-0.05, 0) is 37.7 Å². The molecule has 1 aromatic carbocycles. The number of carbonyl (C=O) groups is 3.